The molecule has 1 radical (unpaired) electrons. The smallest absolute Gasteiger partial charge is 0.215 e. The summed E-state index contributed by atoms with van der Waals surface area (Å²) in [6, 6.07) is 0. The van der Waals surface area contributed by atoms with E-state index in [9.17, 15) is 0 Å². The highest BCUT2D eigenvalue weighted by molar-refractivity contribution is 5.79. The Balaban J connectivity index is 4.80. The quantitative estimate of drug-likeness (QED) is 0.0589. The highest BCUT2D eigenvalue weighted by Gasteiger charge is 2.12. The van der Waals surface area contributed by atoms with Gasteiger partial charge in [-0.1, -0.05) is 156 Å². The van der Waals surface area contributed by atoms with Crippen LogP contribution in [0.1, 0.15) is 182 Å². The van der Waals surface area contributed by atoms with Gasteiger partial charge in [-0.3, -0.25) is 10.3 Å². The molecular formula is C33H68N3. The van der Waals surface area contributed by atoms with Crippen molar-refractivity contribution in [3.05, 3.63) is 0 Å². The van der Waals surface area contributed by atoms with E-state index < -0.39 is 0 Å². The molecule has 0 saturated heterocycles. The van der Waals surface area contributed by atoms with Crippen LogP contribution < -0.4 is 5.32 Å². The normalized spacial score (nSPS) is 11.8. The van der Waals surface area contributed by atoms with E-state index in [4.69, 9.17) is 10.3 Å². The number of hydrogen-bond acceptors (Lipinski definition) is 1. The van der Waals surface area contributed by atoms with Crippen LogP contribution >= 0.6 is 0 Å². The molecule has 0 fully saturated rings. The largest absolute Gasteiger partial charge is 0.341 e. The molecule has 0 saturated carbocycles. The predicted octanol–water partition coefficient (Wildman–Crippen LogP) is 10.7. The second-order valence-corrected chi connectivity index (χ2v) is 11.1. The molecule has 0 heterocycles. The lowest BCUT2D eigenvalue weighted by molar-refractivity contribution is 0.369. The van der Waals surface area contributed by atoms with E-state index in [1.807, 2.05) is 0 Å². The van der Waals surface area contributed by atoms with Crippen LogP contribution in [0.25, 0.3) is 0 Å². The molecular weight excluding hydrogens is 438 g/mol. The second-order valence-electron chi connectivity index (χ2n) is 11.1. The summed E-state index contributed by atoms with van der Waals surface area (Å²) >= 11 is 0. The number of hydrogen-bond donors (Lipinski definition) is 0. The summed E-state index contributed by atoms with van der Waals surface area (Å²) < 4.78 is 0. The van der Waals surface area contributed by atoms with Crippen LogP contribution in [0.15, 0.2) is 4.99 Å². The van der Waals surface area contributed by atoms with Crippen LogP contribution in [0.2, 0.25) is 0 Å². The van der Waals surface area contributed by atoms with Crippen LogP contribution in [0, 0.1) is 0 Å². The lowest BCUT2D eigenvalue weighted by Gasteiger charge is -2.26. The molecule has 0 amide bonds. The van der Waals surface area contributed by atoms with Crippen molar-refractivity contribution in [3.8, 4) is 0 Å². The lowest BCUT2D eigenvalue weighted by Crippen LogP contribution is -2.39. The fourth-order valence-electron chi connectivity index (χ4n) is 4.87. The van der Waals surface area contributed by atoms with E-state index in [0.717, 1.165) is 32.1 Å². The maximum absolute atomic E-state index is 5.12. The second kappa shape index (κ2) is 30.5. The number of rotatable bonds is 28. The number of nitrogens with zero attached hydrogens (tertiary/aromatic N) is 3. The summed E-state index contributed by atoms with van der Waals surface area (Å²) in [5, 5.41) is 5.12. The Morgan fingerprint density at radius 3 is 1.14 bits per heavy atom. The van der Waals surface area contributed by atoms with Crippen molar-refractivity contribution in [1.29, 1.82) is 0 Å². The van der Waals surface area contributed by atoms with Crippen LogP contribution in [0.3, 0.4) is 0 Å². The van der Waals surface area contributed by atoms with E-state index in [1.54, 1.807) is 0 Å². The SMILES string of the molecule is CCCCCCCC[N]C(=NCCCCCCCC)N(CCCCCCCC)CCCCCCCC. The van der Waals surface area contributed by atoms with Gasteiger partial charge in [0.15, 0.2) is 0 Å². The number of unbranched alkanes of at least 4 members (excludes halogenated alkanes) is 20. The van der Waals surface area contributed by atoms with Gasteiger partial charge in [0.1, 0.15) is 0 Å². The van der Waals surface area contributed by atoms with Crippen molar-refractivity contribution in [3.63, 3.8) is 0 Å². The van der Waals surface area contributed by atoms with Crippen LogP contribution in [0.5, 0.6) is 0 Å². The molecule has 215 valence electrons. The minimum Gasteiger partial charge on any atom is -0.341 e. The first-order valence-corrected chi connectivity index (χ1v) is 16.8. The molecule has 0 aromatic rings. The molecule has 0 aliphatic rings. The molecule has 0 aromatic heterocycles. The average Bonchev–Trinajstić information content (AvgIpc) is 2.89. The summed E-state index contributed by atoms with van der Waals surface area (Å²) in [5.74, 6) is 1.10. The molecule has 3 nitrogen and oxygen atoms in total. The molecule has 0 aromatic carbocycles. The van der Waals surface area contributed by atoms with Gasteiger partial charge < -0.3 is 4.90 Å². The van der Waals surface area contributed by atoms with E-state index in [-0.39, 0.29) is 0 Å². The van der Waals surface area contributed by atoms with Gasteiger partial charge in [-0.2, -0.15) is 0 Å². The van der Waals surface area contributed by atoms with Crippen molar-refractivity contribution >= 4 is 5.96 Å². The van der Waals surface area contributed by atoms with Crippen LogP contribution in [0.4, 0.5) is 0 Å². The van der Waals surface area contributed by atoms with E-state index >= 15 is 0 Å². The average molecular weight is 507 g/mol. The summed E-state index contributed by atoms with van der Waals surface area (Å²) in [6.45, 7) is 13.4. The molecule has 0 aliphatic heterocycles. The van der Waals surface area contributed by atoms with Crippen LogP contribution in [-0.2, 0) is 0 Å². The lowest BCUT2D eigenvalue weighted by atomic mass is 10.1. The standard InChI is InChI=1S/C33H68N3/c1-5-9-13-17-21-25-29-34-33(35-30-26-22-18-14-10-6-2)36(31-27-23-19-15-11-7-3)32-28-24-20-16-12-8-4/h5-32H2,1-4H3. The first kappa shape index (κ1) is 35.3. The van der Waals surface area contributed by atoms with Crippen LogP contribution in [-0.4, -0.2) is 37.0 Å². The summed E-state index contributed by atoms with van der Waals surface area (Å²) in [5.41, 5.74) is 0. The highest BCUT2D eigenvalue weighted by atomic mass is 15.3. The van der Waals surface area contributed by atoms with Crippen molar-refractivity contribution in [2.45, 2.75) is 182 Å². The summed E-state index contributed by atoms with van der Waals surface area (Å²) in [6.07, 6.45) is 32.3. The predicted molar refractivity (Wildman–Crippen MR) is 164 cm³/mol. The van der Waals surface area contributed by atoms with Gasteiger partial charge in [0, 0.05) is 26.2 Å². The first-order chi connectivity index (χ1) is 17.8. The Morgan fingerprint density at radius 2 is 0.722 bits per heavy atom. The van der Waals surface area contributed by atoms with Gasteiger partial charge >= 0.3 is 0 Å². The maximum atomic E-state index is 5.12. The summed E-state index contributed by atoms with van der Waals surface area (Å²) in [4.78, 5) is 7.70. The molecule has 0 spiro atoms. The third kappa shape index (κ3) is 24.9. The Hall–Kier alpha value is -0.730. The van der Waals surface area contributed by atoms with Gasteiger partial charge in [-0.25, -0.2) is 0 Å². The van der Waals surface area contributed by atoms with E-state index in [2.05, 4.69) is 32.6 Å². The minimum atomic E-state index is 0.963. The van der Waals surface area contributed by atoms with Crippen molar-refractivity contribution in [1.82, 2.24) is 10.2 Å². The number of guanidine groups is 1. The molecule has 0 unspecified atom stereocenters. The van der Waals surface area contributed by atoms with Crippen molar-refractivity contribution < 1.29 is 0 Å². The molecule has 0 rings (SSSR count). The Kier molecular flexibility index (Phi) is 29.9. The molecule has 0 N–H and O–H groups in total. The van der Waals surface area contributed by atoms with Crippen molar-refractivity contribution in [2.75, 3.05) is 26.2 Å². The molecule has 3 heteroatoms. The monoisotopic (exact) mass is 507 g/mol. The highest BCUT2D eigenvalue weighted by Crippen LogP contribution is 2.11. The van der Waals surface area contributed by atoms with Gasteiger partial charge in [-0.15, -0.1) is 0 Å². The zero-order valence-electron chi connectivity index (χ0n) is 25.6. The maximum Gasteiger partial charge on any atom is 0.215 e. The Bertz CT molecular complexity index is 419. The number of aliphatic imine (C=N–C) groups is 1. The first-order valence-electron chi connectivity index (χ1n) is 16.8. The third-order valence-electron chi connectivity index (χ3n) is 7.38. The zero-order valence-corrected chi connectivity index (χ0v) is 25.6. The topological polar surface area (TPSA) is 29.7 Å². The molecule has 0 atom stereocenters. The third-order valence-corrected chi connectivity index (χ3v) is 7.38. The Morgan fingerprint density at radius 1 is 0.389 bits per heavy atom. The summed E-state index contributed by atoms with van der Waals surface area (Å²) in [7, 11) is 0. The molecule has 0 aliphatic carbocycles. The Labute approximate surface area is 229 Å². The molecule has 36 heavy (non-hydrogen) atoms. The van der Waals surface area contributed by atoms with Gasteiger partial charge in [0.25, 0.3) is 0 Å². The van der Waals surface area contributed by atoms with Gasteiger partial charge in [-0.05, 0) is 25.7 Å². The molecule has 0 bridgehead atoms. The van der Waals surface area contributed by atoms with Gasteiger partial charge in [0.05, 0.1) is 0 Å². The van der Waals surface area contributed by atoms with E-state index in [0.29, 0.717) is 0 Å². The zero-order chi connectivity index (χ0) is 26.4. The van der Waals surface area contributed by atoms with Gasteiger partial charge in [0.2, 0.25) is 5.96 Å². The fourth-order valence-corrected chi connectivity index (χ4v) is 4.87. The van der Waals surface area contributed by atoms with E-state index in [1.165, 1.54) is 154 Å². The minimum absolute atomic E-state index is 0.963. The van der Waals surface area contributed by atoms with Crippen molar-refractivity contribution in [2.24, 2.45) is 4.99 Å². The fraction of sp³-hybridized carbons (Fsp3) is 0.970.